The SMILES string of the molecule is CCCCCCCCCCCCc1ccccc1.CCCCCCCCCCc1ccccc1CC. The highest BCUT2D eigenvalue weighted by atomic mass is 14.1. The maximum absolute atomic E-state index is 2.31. The molecule has 0 fully saturated rings. The molecule has 2 aromatic carbocycles. The van der Waals surface area contributed by atoms with Crippen molar-refractivity contribution >= 4 is 0 Å². The van der Waals surface area contributed by atoms with Gasteiger partial charge in [-0.2, -0.15) is 0 Å². The Hall–Kier alpha value is -1.56. The van der Waals surface area contributed by atoms with Crippen molar-refractivity contribution in [3.63, 3.8) is 0 Å². The summed E-state index contributed by atoms with van der Waals surface area (Å²) in [5, 5.41) is 0. The topological polar surface area (TPSA) is 0 Å². The van der Waals surface area contributed by atoms with Crippen molar-refractivity contribution in [2.45, 2.75) is 156 Å². The lowest BCUT2D eigenvalue weighted by atomic mass is 9.99. The number of benzene rings is 2. The Kier molecular flexibility index (Phi) is 22.6. The lowest BCUT2D eigenvalue weighted by Crippen LogP contribution is -1.92. The third kappa shape index (κ3) is 18.7. The van der Waals surface area contributed by atoms with E-state index < -0.39 is 0 Å². The van der Waals surface area contributed by atoms with Crippen LogP contribution < -0.4 is 0 Å². The number of rotatable bonds is 21. The van der Waals surface area contributed by atoms with E-state index in [0.717, 1.165) is 0 Å². The van der Waals surface area contributed by atoms with Crippen molar-refractivity contribution < 1.29 is 0 Å². The van der Waals surface area contributed by atoms with Crippen LogP contribution in [-0.2, 0) is 19.3 Å². The molecule has 2 aromatic rings. The van der Waals surface area contributed by atoms with E-state index in [4.69, 9.17) is 0 Å². The van der Waals surface area contributed by atoms with Gasteiger partial charge in [-0.05, 0) is 48.8 Å². The molecule has 0 aliphatic carbocycles. The van der Waals surface area contributed by atoms with Gasteiger partial charge in [0, 0.05) is 0 Å². The van der Waals surface area contributed by atoms with Gasteiger partial charge in [-0.15, -0.1) is 0 Å². The molecule has 0 unspecified atom stereocenters. The molecule has 0 atom stereocenters. The van der Waals surface area contributed by atoms with Crippen molar-refractivity contribution in [1.82, 2.24) is 0 Å². The Morgan fingerprint density at radius 2 is 0.750 bits per heavy atom. The summed E-state index contributed by atoms with van der Waals surface area (Å²) in [6.45, 7) is 6.82. The molecule has 0 heteroatoms. The molecular formula is C36H60. The van der Waals surface area contributed by atoms with E-state index >= 15 is 0 Å². The zero-order valence-corrected chi connectivity index (χ0v) is 24.5. The molecule has 0 radical (unpaired) electrons. The van der Waals surface area contributed by atoms with Crippen LogP contribution in [0.15, 0.2) is 54.6 Å². The third-order valence-corrected chi connectivity index (χ3v) is 7.46. The molecular weight excluding hydrogens is 432 g/mol. The second kappa shape index (κ2) is 25.1. The van der Waals surface area contributed by atoms with Gasteiger partial charge in [-0.3, -0.25) is 0 Å². The smallest absolute Gasteiger partial charge is 0.0276 e. The highest BCUT2D eigenvalue weighted by molar-refractivity contribution is 5.27. The molecule has 0 saturated heterocycles. The van der Waals surface area contributed by atoms with Crippen molar-refractivity contribution in [1.29, 1.82) is 0 Å². The fourth-order valence-electron chi connectivity index (χ4n) is 5.06. The van der Waals surface area contributed by atoms with Gasteiger partial charge < -0.3 is 0 Å². The monoisotopic (exact) mass is 492 g/mol. The van der Waals surface area contributed by atoms with Gasteiger partial charge in [0.25, 0.3) is 0 Å². The van der Waals surface area contributed by atoms with Crippen molar-refractivity contribution in [3.05, 3.63) is 71.3 Å². The number of unbranched alkanes of at least 4 members (excludes halogenated alkanes) is 16. The molecule has 204 valence electrons. The quantitative estimate of drug-likeness (QED) is 0.152. The first-order valence-electron chi connectivity index (χ1n) is 15.9. The predicted octanol–water partition coefficient (Wildman–Crippen LogP) is 12.1. The molecule has 2 rings (SSSR count). The van der Waals surface area contributed by atoms with Gasteiger partial charge in [0.05, 0.1) is 0 Å². The van der Waals surface area contributed by atoms with E-state index in [9.17, 15) is 0 Å². The molecule has 0 saturated carbocycles. The Morgan fingerprint density at radius 1 is 0.361 bits per heavy atom. The molecule has 0 nitrogen and oxygen atoms in total. The molecule has 0 aliphatic heterocycles. The summed E-state index contributed by atoms with van der Waals surface area (Å²) in [5.41, 5.74) is 4.61. The molecule has 0 heterocycles. The summed E-state index contributed by atoms with van der Waals surface area (Å²) in [4.78, 5) is 0. The lowest BCUT2D eigenvalue weighted by Gasteiger charge is -2.07. The highest BCUT2D eigenvalue weighted by Crippen LogP contribution is 2.15. The van der Waals surface area contributed by atoms with Crippen LogP contribution in [0, 0.1) is 0 Å². The molecule has 0 amide bonds. The minimum absolute atomic E-state index is 1.17. The first-order chi connectivity index (χ1) is 17.8. The van der Waals surface area contributed by atoms with Crippen molar-refractivity contribution in [2.24, 2.45) is 0 Å². The first-order valence-corrected chi connectivity index (χ1v) is 15.9. The molecule has 0 spiro atoms. The Morgan fingerprint density at radius 3 is 1.22 bits per heavy atom. The van der Waals surface area contributed by atoms with Crippen LogP contribution in [0.3, 0.4) is 0 Å². The van der Waals surface area contributed by atoms with E-state index in [1.807, 2.05) is 0 Å². The van der Waals surface area contributed by atoms with Gasteiger partial charge in [0.2, 0.25) is 0 Å². The number of aryl methyl sites for hydroxylation is 3. The van der Waals surface area contributed by atoms with E-state index in [-0.39, 0.29) is 0 Å². The highest BCUT2D eigenvalue weighted by Gasteiger charge is 1.99. The molecule has 36 heavy (non-hydrogen) atoms. The zero-order valence-electron chi connectivity index (χ0n) is 24.5. The standard InChI is InChI=1S/2C18H30/c1-3-5-6-7-8-9-10-11-15-18-16-13-12-14-17(18)4-2;1-2-3-4-5-6-7-8-9-10-12-15-18-16-13-11-14-17-18/h12-14,16H,3-11,15H2,1-2H3;11,13-14,16-17H,2-10,12,15H2,1H3. The van der Waals surface area contributed by atoms with Crippen LogP contribution in [0.1, 0.15) is 153 Å². The van der Waals surface area contributed by atoms with Gasteiger partial charge in [-0.25, -0.2) is 0 Å². The summed E-state index contributed by atoms with van der Waals surface area (Å²) in [6, 6.07) is 19.8. The summed E-state index contributed by atoms with van der Waals surface area (Å²) in [6.07, 6.45) is 29.3. The molecule has 0 aromatic heterocycles. The maximum Gasteiger partial charge on any atom is -0.0276 e. The van der Waals surface area contributed by atoms with Crippen LogP contribution in [0.25, 0.3) is 0 Å². The van der Waals surface area contributed by atoms with E-state index in [0.29, 0.717) is 0 Å². The van der Waals surface area contributed by atoms with Crippen LogP contribution in [-0.4, -0.2) is 0 Å². The number of hydrogen-bond donors (Lipinski definition) is 0. The van der Waals surface area contributed by atoms with Crippen molar-refractivity contribution in [3.8, 4) is 0 Å². The second-order valence-corrected chi connectivity index (χ2v) is 10.8. The first kappa shape index (κ1) is 32.5. The summed E-state index contributed by atoms with van der Waals surface area (Å²) in [5.74, 6) is 0. The van der Waals surface area contributed by atoms with Crippen LogP contribution in [0.2, 0.25) is 0 Å². The molecule has 0 bridgehead atoms. The average molecular weight is 493 g/mol. The summed E-state index contributed by atoms with van der Waals surface area (Å²) >= 11 is 0. The molecule has 0 aliphatic rings. The van der Waals surface area contributed by atoms with E-state index in [1.54, 1.807) is 11.1 Å². The summed E-state index contributed by atoms with van der Waals surface area (Å²) < 4.78 is 0. The van der Waals surface area contributed by atoms with E-state index in [2.05, 4.69) is 75.4 Å². The maximum atomic E-state index is 2.31. The third-order valence-electron chi connectivity index (χ3n) is 7.46. The second-order valence-electron chi connectivity index (χ2n) is 10.8. The van der Waals surface area contributed by atoms with Crippen molar-refractivity contribution in [2.75, 3.05) is 0 Å². The largest absolute Gasteiger partial charge is 0.0654 e. The van der Waals surface area contributed by atoms with Crippen LogP contribution in [0.4, 0.5) is 0 Å². The van der Waals surface area contributed by atoms with Gasteiger partial charge >= 0.3 is 0 Å². The zero-order chi connectivity index (χ0) is 25.9. The van der Waals surface area contributed by atoms with Gasteiger partial charge in [-0.1, -0.05) is 178 Å². The fourth-order valence-corrected chi connectivity index (χ4v) is 5.06. The Balaban J connectivity index is 0.000000360. The number of hydrogen-bond acceptors (Lipinski definition) is 0. The Bertz CT molecular complexity index is 686. The average Bonchev–Trinajstić information content (AvgIpc) is 2.92. The van der Waals surface area contributed by atoms with Crippen LogP contribution in [0.5, 0.6) is 0 Å². The molecule has 0 N–H and O–H groups in total. The van der Waals surface area contributed by atoms with Gasteiger partial charge in [0.15, 0.2) is 0 Å². The van der Waals surface area contributed by atoms with Gasteiger partial charge in [0.1, 0.15) is 0 Å². The minimum Gasteiger partial charge on any atom is -0.0654 e. The fraction of sp³-hybridized carbons (Fsp3) is 0.667. The lowest BCUT2D eigenvalue weighted by molar-refractivity contribution is 0.556. The minimum atomic E-state index is 1.17. The normalized spacial score (nSPS) is 10.8. The Labute approximate surface area is 226 Å². The van der Waals surface area contributed by atoms with E-state index in [1.165, 1.54) is 140 Å². The summed E-state index contributed by atoms with van der Waals surface area (Å²) in [7, 11) is 0. The van der Waals surface area contributed by atoms with Crippen LogP contribution >= 0.6 is 0 Å². The predicted molar refractivity (Wildman–Crippen MR) is 164 cm³/mol.